The van der Waals surface area contributed by atoms with Crippen LogP contribution in [0.5, 0.6) is 5.75 Å². The Labute approximate surface area is 146 Å². The van der Waals surface area contributed by atoms with E-state index in [-0.39, 0.29) is 17.9 Å². The molecule has 0 aliphatic carbocycles. The number of methoxy groups -OCH3 is 1. The summed E-state index contributed by atoms with van der Waals surface area (Å²) >= 11 is 0. The third kappa shape index (κ3) is 4.26. The second-order valence-corrected chi connectivity index (χ2v) is 5.86. The largest absolute Gasteiger partial charge is 0.497 e. The SMILES string of the molecule is COc1ccc(N2C[C@H](NC(=O)/C=C\c3ccccc3)CC2=O)cc1. The van der Waals surface area contributed by atoms with E-state index >= 15 is 0 Å². The first-order valence-electron chi connectivity index (χ1n) is 8.14. The first-order valence-corrected chi connectivity index (χ1v) is 8.14. The molecule has 1 aliphatic rings. The fourth-order valence-electron chi connectivity index (χ4n) is 2.80. The number of nitrogens with one attached hydrogen (secondary N) is 1. The number of hydrogen-bond donors (Lipinski definition) is 1. The van der Waals surface area contributed by atoms with Gasteiger partial charge in [0, 0.05) is 24.7 Å². The minimum absolute atomic E-state index is 0.00232. The number of nitrogens with zero attached hydrogens (tertiary/aromatic N) is 1. The monoisotopic (exact) mass is 336 g/mol. The maximum absolute atomic E-state index is 12.2. The Kier molecular flexibility index (Phi) is 5.14. The van der Waals surface area contributed by atoms with E-state index in [0.717, 1.165) is 17.0 Å². The lowest BCUT2D eigenvalue weighted by Gasteiger charge is -2.17. The van der Waals surface area contributed by atoms with Crippen LogP contribution in [0.1, 0.15) is 12.0 Å². The fourth-order valence-corrected chi connectivity index (χ4v) is 2.80. The van der Waals surface area contributed by atoms with Gasteiger partial charge in [0.25, 0.3) is 0 Å². The number of carbonyl (C=O) groups is 2. The summed E-state index contributed by atoms with van der Waals surface area (Å²) in [6.45, 7) is 0.468. The molecule has 1 aliphatic heterocycles. The molecule has 2 aromatic carbocycles. The van der Waals surface area contributed by atoms with Gasteiger partial charge < -0.3 is 15.0 Å². The lowest BCUT2D eigenvalue weighted by Crippen LogP contribution is -2.36. The molecule has 0 unspecified atom stereocenters. The van der Waals surface area contributed by atoms with Crippen LogP contribution in [-0.2, 0) is 9.59 Å². The van der Waals surface area contributed by atoms with Crippen LogP contribution in [0.25, 0.3) is 6.08 Å². The van der Waals surface area contributed by atoms with E-state index in [9.17, 15) is 9.59 Å². The van der Waals surface area contributed by atoms with E-state index in [2.05, 4.69) is 5.32 Å². The van der Waals surface area contributed by atoms with Gasteiger partial charge in [-0.1, -0.05) is 30.3 Å². The topological polar surface area (TPSA) is 58.6 Å². The first-order chi connectivity index (χ1) is 12.2. The van der Waals surface area contributed by atoms with Crippen LogP contribution in [0.15, 0.2) is 60.7 Å². The van der Waals surface area contributed by atoms with Crippen molar-refractivity contribution in [3.05, 3.63) is 66.2 Å². The second-order valence-electron chi connectivity index (χ2n) is 5.86. The summed E-state index contributed by atoms with van der Waals surface area (Å²) in [5, 5.41) is 2.89. The highest BCUT2D eigenvalue weighted by Crippen LogP contribution is 2.24. The zero-order valence-corrected chi connectivity index (χ0v) is 14.0. The summed E-state index contributed by atoms with van der Waals surface area (Å²) in [5.41, 5.74) is 1.77. The molecule has 0 spiro atoms. The molecular formula is C20H20N2O3. The van der Waals surface area contributed by atoms with Crippen LogP contribution < -0.4 is 15.0 Å². The zero-order chi connectivity index (χ0) is 17.6. The molecule has 5 nitrogen and oxygen atoms in total. The second kappa shape index (κ2) is 7.66. The van der Waals surface area contributed by atoms with Gasteiger partial charge in [-0.25, -0.2) is 0 Å². The predicted molar refractivity (Wildman–Crippen MR) is 97.4 cm³/mol. The van der Waals surface area contributed by atoms with Crippen LogP contribution in [0.4, 0.5) is 5.69 Å². The Morgan fingerprint density at radius 1 is 1.16 bits per heavy atom. The molecule has 0 aromatic heterocycles. The van der Waals surface area contributed by atoms with E-state index in [1.165, 1.54) is 6.08 Å². The molecule has 1 N–H and O–H groups in total. The third-order valence-electron chi connectivity index (χ3n) is 4.08. The molecule has 0 bridgehead atoms. The predicted octanol–water partition coefficient (Wildman–Crippen LogP) is 2.63. The van der Waals surface area contributed by atoms with Gasteiger partial charge >= 0.3 is 0 Å². The molecule has 2 amide bonds. The Morgan fingerprint density at radius 3 is 2.56 bits per heavy atom. The Bertz CT molecular complexity index is 769. The van der Waals surface area contributed by atoms with Gasteiger partial charge in [0.15, 0.2) is 0 Å². The normalized spacial score (nSPS) is 17.1. The molecule has 3 rings (SSSR count). The molecule has 128 valence electrons. The Morgan fingerprint density at radius 2 is 1.88 bits per heavy atom. The van der Waals surface area contributed by atoms with E-state index in [4.69, 9.17) is 4.74 Å². The van der Waals surface area contributed by atoms with Crippen LogP contribution in [-0.4, -0.2) is 31.5 Å². The average Bonchev–Trinajstić information content (AvgIpc) is 3.01. The van der Waals surface area contributed by atoms with Gasteiger partial charge in [-0.2, -0.15) is 0 Å². The highest BCUT2D eigenvalue weighted by Gasteiger charge is 2.31. The number of carbonyl (C=O) groups excluding carboxylic acids is 2. The van der Waals surface area contributed by atoms with Crippen molar-refractivity contribution in [1.29, 1.82) is 0 Å². The Balaban J connectivity index is 1.58. The van der Waals surface area contributed by atoms with Gasteiger partial charge in [0.2, 0.25) is 11.8 Å². The number of rotatable bonds is 5. The molecule has 5 heteroatoms. The van der Waals surface area contributed by atoms with Gasteiger partial charge in [0.1, 0.15) is 5.75 Å². The Hall–Kier alpha value is -3.08. The molecule has 0 radical (unpaired) electrons. The van der Waals surface area contributed by atoms with Gasteiger partial charge in [-0.3, -0.25) is 9.59 Å². The van der Waals surface area contributed by atoms with Crippen LogP contribution in [0, 0.1) is 0 Å². The molecule has 1 fully saturated rings. The van der Waals surface area contributed by atoms with E-state index in [0.29, 0.717) is 13.0 Å². The quantitative estimate of drug-likeness (QED) is 0.854. The third-order valence-corrected chi connectivity index (χ3v) is 4.08. The summed E-state index contributed by atoms with van der Waals surface area (Å²) in [7, 11) is 1.60. The van der Waals surface area contributed by atoms with Crippen LogP contribution in [0.3, 0.4) is 0 Å². The summed E-state index contributed by atoms with van der Waals surface area (Å²) < 4.78 is 5.13. The molecule has 1 heterocycles. The molecule has 0 saturated carbocycles. The maximum atomic E-state index is 12.2. The fraction of sp³-hybridized carbons (Fsp3) is 0.200. The lowest BCUT2D eigenvalue weighted by molar-refractivity contribution is -0.117. The number of hydrogen-bond acceptors (Lipinski definition) is 3. The number of benzene rings is 2. The van der Waals surface area contributed by atoms with Gasteiger partial charge in [0.05, 0.1) is 13.2 Å². The summed E-state index contributed by atoms with van der Waals surface area (Å²) in [4.78, 5) is 26.0. The smallest absolute Gasteiger partial charge is 0.244 e. The maximum Gasteiger partial charge on any atom is 0.244 e. The highest BCUT2D eigenvalue weighted by molar-refractivity contribution is 5.98. The summed E-state index contributed by atoms with van der Waals surface area (Å²) in [6.07, 6.45) is 3.56. The van der Waals surface area contributed by atoms with Crippen molar-refractivity contribution < 1.29 is 14.3 Å². The van der Waals surface area contributed by atoms with Crippen molar-refractivity contribution in [2.45, 2.75) is 12.5 Å². The van der Waals surface area contributed by atoms with Gasteiger partial charge in [-0.05, 0) is 35.9 Å². The molecule has 1 atom stereocenters. The number of amides is 2. The van der Waals surface area contributed by atoms with Crippen molar-refractivity contribution in [3.63, 3.8) is 0 Å². The number of anilines is 1. The molecule has 1 saturated heterocycles. The molecule has 2 aromatic rings. The zero-order valence-electron chi connectivity index (χ0n) is 14.0. The molecule has 25 heavy (non-hydrogen) atoms. The lowest BCUT2D eigenvalue weighted by atomic mass is 10.2. The van der Waals surface area contributed by atoms with E-state index < -0.39 is 0 Å². The minimum atomic E-state index is -0.196. The molecular weight excluding hydrogens is 316 g/mol. The first kappa shape index (κ1) is 16.8. The average molecular weight is 336 g/mol. The van der Waals surface area contributed by atoms with Crippen molar-refractivity contribution in [2.75, 3.05) is 18.6 Å². The van der Waals surface area contributed by atoms with E-state index in [1.807, 2.05) is 54.6 Å². The van der Waals surface area contributed by atoms with Crippen molar-refractivity contribution >= 4 is 23.6 Å². The van der Waals surface area contributed by atoms with Crippen molar-refractivity contribution in [1.82, 2.24) is 5.32 Å². The summed E-state index contributed by atoms with van der Waals surface area (Å²) in [5.74, 6) is 0.548. The van der Waals surface area contributed by atoms with E-state index in [1.54, 1.807) is 18.1 Å². The minimum Gasteiger partial charge on any atom is -0.497 e. The van der Waals surface area contributed by atoms with Crippen LogP contribution >= 0.6 is 0 Å². The standard InChI is InChI=1S/C20H20N2O3/c1-25-18-10-8-17(9-11-18)22-14-16(13-20(22)24)21-19(23)12-7-15-5-3-2-4-6-15/h2-12,16H,13-14H2,1H3,(H,21,23)/b12-7-/t16-/m1/s1. The summed E-state index contributed by atoms with van der Waals surface area (Å²) in [6, 6.07) is 16.7. The highest BCUT2D eigenvalue weighted by atomic mass is 16.5. The van der Waals surface area contributed by atoms with Crippen LogP contribution in [0.2, 0.25) is 0 Å². The number of ether oxygens (including phenoxy) is 1. The van der Waals surface area contributed by atoms with Crippen molar-refractivity contribution in [2.24, 2.45) is 0 Å². The van der Waals surface area contributed by atoms with Gasteiger partial charge in [-0.15, -0.1) is 0 Å². The van der Waals surface area contributed by atoms with Crippen molar-refractivity contribution in [3.8, 4) is 5.75 Å².